The maximum atomic E-state index is 12.5. The number of rotatable bonds is 5. The highest BCUT2D eigenvalue weighted by Crippen LogP contribution is 2.38. The third kappa shape index (κ3) is 3.30. The number of nitrogens with one attached hydrogen (secondary N) is 2. The molecule has 2 aromatic heterocycles. The molecule has 7 nitrogen and oxygen atoms in total. The highest BCUT2D eigenvalue weighted by Gasteiger charge is 2.36. The second kappa shape index (κ2) is 6.84. The lowest BCUT2D eigenvalue weighted by molar-refractivity contribution is 0.0234. The minimum absolute atomic E-state index is 0.0591. The molecule has 1 aliphatic carbocycles. The van der Waals surface area contributed by atoms with E-state index in [2.05, 4.69) is 15.3 Å². The van der Waals surface area contributed by atoms with Crippen molar-refractivity contribution in [3.63, 3.8) is 0 Å². The summed E-state index contributed by atoms with van der Waals surface area (Å²) in [7, 11) is 1.53. The fourth-order valence-corrected chi connectivity index (χ4v) is 2.89. The van der Waals surface area contributed by atoms with E-state index in [1.807, 2.05) is 6.07 Å². The van der Waals surface area contributed by atoms with Crippen molar-refractivity contribution in [3.05, 3.63) is 58.1 Å². The molecule has 0 unspecified atom stereocenters. The third-order valence-corrected chi connectivity index (χ3v) is 4.30. The molecule has 1 atom stereocenters. The smallest absolute Gasteiger partial charge is 0.260 e. The zero-order chi connectivity index (χ0) is 17.1. The Kier molecular flexibility index (Phi) is 4.61. The molecule has 0 radical (unpaired) electrons. The van der Waals surface area contributed by atoms with E-state index >= 15 is 0 Å². The predicted molar refractivity (Wildman–Crippen MR) is 86.8 cm³/mol. The number of pyridine rings is 2. The number of aromatic nitrogens is 2. The quantitative estimate of drug-likeness (QED) is 0.760. The lowest BCUT2D eigenvalue weighted by Crippen LogP contribution is -2.42. The molecule has 126 valence electrons. The SMILES string of the molecule is COc1ccc([C@@H](NC(=O)c2ccc[nH]c2=O)C2CC(O)C2)cn1. The number of H-pyrrole nitrogens is 1. The van der Waals surface area contributed by atoms with Crippen molar-refractivity contribution in [2.75, 3.05) is 7.11 Å². The number of aliphatic hydroxyl groups excluding tert-OH is 1. The van der Waals surface area contributed by atoms with Gasteiger partial charge in [-0.15, -0.1) is 0 Å². The summed E-state index contributed by atoms with van der Waals surface area (Å²) in [6.45, 7) is 0. The third-order valence-electron chi connectivity index (χ3n) is 4.30. The number of methoxy groups -OCH3 is 1. The van der Waals surface area contributed by atoms with E-state index in [4.69, 9.17) is 4.74 Å². The molecule has 2 aromatic rings. The number of carbonyl (C=O) groups excluding carboxylic acids is 1. The van der Waals surface area contributed by atoms with Crippen LogP contribution in [0.5, 0.6) is 5.88 Å². The molecule has 7 heteroatoms. The first-order valence-corrected chi connectivity index (χ1v) is 7.75. The normalized spacial score (nSPS) is 20.8. The molecule has 1 fully saturated rings. The van der Waals surface area contributed by atoms with Crippen LogP contribution in [0.25, 0.3) is 0 Å². The van der Waals surface area contributed by atoms with Crippen LogP contribution >= 0.6 is 0 Å². The van der Waals surface area contributed by atoms with E-state index in [1.165, 1.54) is 19.4 Å². The van der Waals surface area contributed by atoms with E-state index < -0.39 is 11.5 Å². The van der Waals surface area contributed by atoms with Crippen molar-refractivity contribution in [3.8, 4) is 5.88 Å². The highest BCUT2D eigenvalue weighted by atomic mass is 16.5. The molecule has 0 saturated heterocycles. The maximum Gasteiger partial charge on any atom is 0.260 e. The van der Waals surface area contributed by atoms with Crippen LogP contribution in [-0.2, 0) is 0 Å². The van der Waals surface area contributed by atoms with Gasteiger partial charge in [-0.05, 0) is 36.5 Å². The van der Waals surface area contributed by atoms with Gasteiger partial charge in [-0.2, -0.15) is 0 Å². The van der Waals surface area contributed by atoms with E-state index in [0.717, 1.165) is 5.56 Å². The van der Waals surface area contributed by atoms with Crippen molar-refractivity contribution in [1.29, 1.82) is 0 Å². The van der Waals surface area contributed by atoms with Gasteiger partial charge in [-0.25, -0.2) is 4.98 Å². The molecule has 24 heavy (non-hydrogen) atoms. The first-order chi connectivity index (χ1) is 11.6. The molecular weight excluding hydrogens is 310 g/mol. The summed E-state index contributed by atoms with van der Waals surface area (Å²) in [6, 6.07) is 6.31. The standard InChI is InChI=1S/C17H19N3O4/c1-24-14-5-4-10(9-19-14)15(11-7-12(21)8-11)20-17(23)13-3-2-6-18-16(13)22/h2-6,9,11-12,15,21H,7-8H2,1H3,(H,18,22)(H,20,23)/t11?,12?,15-/m1/s1. The average molecular weight is 329 g/mol. The van der Waals surface area contributed by atoms with Crippen molar-refractivity contribution in [2.24, 2.45) is 5.92 Å². The number of nitrogens with zero attached hydrogens (tertiary/aromatic N) is 1. The summed E-state index contributed by atoms with van der Waals surface area (Å²) in [5, 5.41) is 12.5. The van der Waals surface area contributed by atoms with Crippen LogP contribution in [0.3, 0.4) is 0 Å². The molecule has 0 aliphatic heterocycles. The van der Waals surface area contributed by atoms with Gasteiger partial charge in [0.05, 0.1) is 19.3 Å². The van der Waals surface area contributed by atoms with Crippen molar-refractivity contribution < 1.29 is 14.6 Å². The van der Waals surface area contributed by atoms with Gasteiger partial charge in [-0.3, -0.25) is 9.59 Å². The number of aromatic amines is 1. The molecule has 3 N–H and O–H groups in total. The largest absolute Gasteiger partial charge is 0.481 e. The minimum atomic E-state index is -0.445. The van der Waals surface area contributed by atoms with Crippen LogP contribution in [0.15, 0.2) is 41.5 Å². The number of hydrogen-bond acceptors (Lipinski definition) is 5. The number of ether oxygens (including phenoxy) is 1. The topological polar surface area (TPSA) is 104 Å². The maximum absolute atomic E-state index is 12.5. The Morgan fingerprint density at radius 2 is 2.21 bits per heavy atom. The molecule has 3 rings (SSSR count). The zero-order valence-electron chi connectivity index (χ0n) is 13.2. The van der Waals surface area contributed by atoms with Crippen LogP contribution in [0.1, 0.15) is 34.8 Å². The monoisotopic (exact) mass is 329 g/mol. The predicted octanol–water partition coefficient (Wildman–Crippen LogP) is 1.02. The summed E-state index contributed by atoms with van der Waals surface area (Å²) >= 11 is 0. The first-order valence-electron chi connectivity index (χ1n) is 7.75. The Balaban J connectivity index is 1.83. The number of carbonyl (C=O) groups is 1. The molecule has 1 saturated carbocycles. The molecule has 1 amide bonds. The Morgan fingerprint density at radius 1 is 1.42 bits per heavy atom. The summed E-state index contributed by atoms with van der Waals surface area (Å²) in [5.74, 6) is 0.137. The van der Waals surface area contributed by atoms with Crippen LogP contribution in [-0.4, -0.2) is 34.2 Å². The fraction of sp³-hybridized carbons (Fsp3) is 0.353. The summed E-state index contributed by atoms with van der Waals surface area (Å²) in [5.41, 5.74) is 0.438. The van der Waals surface area contributed by atoms with Crippen molar-refractivity contribution in [1.82, 2.24) is 15.3 Å². The summed E-state index contributed by atoms with van der Waals surface area (Å²) < 4.78 is 5.05. The van der Waals surface area contributed by atoms with Crippen molar-refractivity contribution >= 4 is 5.91 Å². The Morgan fingerprint density at radius 3 is 2.79 bits per heavy atom. The van der Waals surface area contributed by atoms with Crippen LogP contribution in [0, 0.1) is 5.92 Å². The second-order valence-corrected chi connectivity index (χ2v) is 5.88. The fourth-order valence-electron chi connectivity index (χ4n) is 2.89. The van der Waals surface area contributed by atoms with Crippen LogP contribution in [0.2, 0.25) is 0 Å². The lowest BCUT2D eigenvalue weighted by atomic mass is 9.75. The van der Waals surface area contributed by atoms with Gasteiger partial charge in [0.1, 0.15) is 5.56 Å². The second-order valence-electron chi connectivity index (χ2n) is 5.88. The van der Waals surface area contributed by atoms with Gasteiger partial charge in [0.15, 0.2) is 0 Å². The first kappa shape index (κ1) is 16.2. The highest BCUT2D eigenvalue weighted by molar-refractivity contribution is 5.94. The van der Waals surface area contributed by atoms with E-state index in [0.29, 0.717) is 18.7 Å². The van der Waals surface area contributed by atoms with Gasteiger partial charge in [0.25, 0.3) is 11.5 Å². The van der Waals surface area contributed by atoms with Crippen molar-refractivity contribution in [2.45, 2.75) is 25.0 Å². The van der Waals surface area contributed by atoms with E-state index in [-0.39, 0.29) is 23.6 Å². The van der Waals surface area contributed by atoms with E-state index in [9.17, 15) is 14.7 Å². The molecule has 2 heterocycles. The zero-order valence-corrected chi connectivity index (χ0v) is 13.2. The minimum Gasteiger partial charge on any atom is -0.481 e. The van der Waals surface area contributed by atoms with Gasteiger partial charge >= 0.3 is 0 Å². The average Bonchev–Trinajstić information content (AvgIpc) is 2.57. The van der Waals surface area contributed by atoms with Gasteiger partial charge in [0, 0.05) is 18.5 Å². The number of amides is 1. The molecule has 1 aliphatic rings. The lowest BCUT2D eigenvalue weighted by Gasteiger charge is -2.38. The number of aliphatic hydroxyl groups is 1. The van der Waals surface area contributed by atoms with Crippen LogP contribution in [0.4, 0.5) is 0 Å². The van der Waals surface area contributed by atoms with E-state index in [1.54, 1.807) is 18.3 Å². The van der Waals surface area contributed by atoms with Gasteiger partial charge in [0.2, 0.25) is 5.88 Å². The summed E-state index contributed by atoms with van der Waals surface area (Å²) in [4.78, 5) is 30.9. The van der Waals surface area contributed by atoms with Gasteiger partial charge < -0.3 is 20.1 Å². The number of hydrogen-bond donors (Lipinski definition) is 3. The molecule has 0 bridgehead atoms. The van der Waals surface area contributed by atoms with Gasteiger partial charge in [-0.1, -0.05) is 6.07 Å². The van der Waals surface area contributed by atoms with Crippen LogP contribution < -0.4 is 15.6 Å². The molecular formula is C17H19N3O4. The molecule has 0 spiro atoms. The Bertz CT molecular complexity index is 766. The Hall–Kier alpha value is -2.67. The molecule has 0 aromatic carbocycles. The Labute approximate surface area is 138 Å². The summed E-state index contributed by atoms with van der Waals surface area (Å²) in [6.07, 6.45) is 3.97.